The van der Waals surface area contributed by atoms with Crippen molar-refractivity contribution in [2.24, 2.45) is 5.73 Å². The SMILES string of the molecule is C#CCC(N)C(=O)Nc1cccc(CC)c1. The molecule has 0 saturated heterocycles. The number of rotatable bonds is 4. The van der Waals surface area contributed by atoms with Crippen molar-refractivity contribution in [1.29, 1.82) is 0 Å². The summed E-state index contributed by atoms with van der Waals surface area (Å²) in [5, 5.41) is 2.74. The van der Waals surface area contributed by atoms with Crippen molar-refractivity contribution in [2.45, 2.75) is 25.8 Å². The quantitative estimate of drug-likeness (QED) is 0.750. The monoisotopic (exact) mass is 216 g/mol. The van der Waals surface area contributed by atoms with Gasteiger partial charge in [-0.1, -0.05) is 19.1 Å². The van der Waals surface area contributed by atoms with Crippen molar-refractivity contribution >= 4 is 11.6 Å². The largest absolute Gasteiger partial charge is 0.325 e. The second kappa shape index (κ2) is 5.94. The first-order valence-corrected chi connectivity index (χ1v) is 5.26. The Hall–Kier alpha value is -1.79. The zero-order valence-corrected chi connectivity index (χ0v) is 9.36. The fraction of sp³-hybridized carbons (Fsp3) is 0.308. The number of nitrogens with two attached hydrogens (primary N) is 1. The van der Waals surface area contributed by atoms with Crippen LogP contribution in [0.3, 0.4) is 0 Å². The molecule has 0 aliphatic carbocycles. The Labute approximate surface area is 96.0 Å². The van der Waals surface area contributed by atoms with Crippen molar-refractivity contribution in [3.05, 3.63) is 29.8 Å². The summed E-state index contributed by atoms with van der Waals surface area (Å²) in [5.74, 6) is 2.13. The maximum absolute atomic E-state index is 11.6. The number of terminal acetylenes is 1. The maximum Gasteiger partial charge on any atom is 0.242 e. The van der Waals surface area contributed by atoms with Gasteiger partial charge in [0.15, 0.2) is 0 Å². The minimum Gasteiger partial charge on any atom is -0.325 e. The zero-order chi connectivity index (χ0) is 12.0. The molecular formula is C13H16N2O. The Bertz CT molecular complexity index is 407. The van der Waals surface area contributed by atoms with Crippen LogP contribution >= 0.6 is 0 Å². The van der Waals surface area contributed by atoms with E-state index < -0.39 is 6.04 Å². The van der Waals surface area contributed by atoms with Crippen molar-refractivity contribution in [2.75, 3.05) is 5.32 Å². The Morgan fingerprint density at radius 1 is 1.62 bits per heavy atom. The van der Waals surface area contributed by atoms with Crippen LogP contribution in [-0.2, 0) is 11.2 Å². The third-order valence-electron chi connectivity index (χ3n) is 2.28. The summed E-state index contributed by atoms with van der Waals surface area (Å²) in [5.41, 5.74) is 7.52. The molecule has 0 aliphatic heterocycles. The number of aryl methyl sites for hydroxylation is 1. The topological polar surface area (TPSA) is 55.1 Å². The smallest absolute Gasteiger partial charge is 0.242 e. The van der Waals surface area contributed by atoms with E-state index in [2.05, 4.69) is 18.2 Å². The summed E-state index contributed by atoms with van der Waals surface area (Å²) in [4.78, 5) is 11.6. The van der Waals surface area contributed by atoms with Gasteiger partial charge in [-0.05, 0) is 24.1 Å². The van der Waals surface area contributed by atoms with Gasteiger partial charge in [-0.3, -0.25) is 4.79 Å². The first-order valence-electron chi connectivity index (χ1n) is 5.26. The lowest BCUT2D eigenvalue weighted by atomic mass is 10.1. The van der Waals surface area contributed by atoms with Crippen molar-refractivity contribution in [3.8, 4) is 12.3 Å². The predicted molar refractivity (Wildman–Crippen MR) is 65.9 cm³/mol. The molecule has 1 aromatic carbocycles. The molecule has 3 N–H and O–H groups in total. The van der Waals surface area contributed by atoms with Crippen LogP contribution in [0.15, 0.2) is 24.3 Å². The molecule has 0 heterocycles. The Kier molecular flexibility index (Phi) is 4.56. The van der Waals surface area contributed by atoms with Gasteiger partial charge in [-0.15, -0.1) is 12.3 Å². The standard InChI is InChI=1S/C13H16N2O/c1-3-6-12(14)13(16)15-11-8-5-7-10(4-2)9-11/h1,5,7-9,12H,4,6,14H2,2H3,(H,15,16). The molecule has 0 aliphatic rings. The molecule has 0 bridgehead atoms. The van der Waals surface area contributed by atoms with Crippen LogP contribution in [0.25, 0.3) is 0 Å². The average Bonchev–Trinajstić information content (AvgIpc) is 2.29. The number of hydrogen-bond donors (Lipinski definition) is 2. The van der Waals surface area contributed by atoms with Crippen molar-refractivity contribution in [3.63, 3.8) is 0 Å². The minimum atomic E-state index is -0.643. The molecule has 1 unspecified atom stereocenters. The molecule has 0 aromatic heterocycles. The lowest BCUT2D eigenvalue weighted by molar-refractivity contribution is -0.117. The van der Waals surface area contributed by atoms with Crippen LogP contribution in [0.5, 0.6) is 0 Å². The average molecular weight is 216 g/mol. The van der Waals surface area contributed by atoms with Gasteiger partial charge in [0.1, 0.15) is 0 Å². The van der Waals surface area contributed by atoms with E-state index in [0.29, 0.717) is 0 Å². The third kappa shape index (κ3) is 3.41. The molecule has 16 heavy (non-hydrogen) atoms. The van der Waals surface area contributed by atoms with E-state index in [1.807, 2.05) is 24.3 Å². The van der Waals surface area contributed by atoms with Gasteiger partial charge >= 0.3 is 0 Å². The molecule has 1 atom stereocenters. The van der Waals surface area contributed by atoms with E-state index in [9.17, 15) is 4.79 Å². The molecule has 0 spiro atoms. The number of benzene rings is 1. The molecule has 3 heteroatoms. The zero-order valence-electron chi connectivity index (χ0n) is 9.36. The normalized spacial score (nSPS) is 11.6. The Balaban J connectivity index is 2.66. The number of anilines is 1. The van der Waals surface area contributed by atoms with E-state index in [1.54, 1.807) is 0 Å². The van der Waals surface area contributed by atoms with Gasteiger partial charge in [0.2, 0.25) is 5.91 Å². The second-order valence-corrected chi connectivity index (χ2v) is 3.56. The van der Waals surface area contributed by atoms with E-state index in [0.717, 1.165) is 12.1 Å². The van der Waals surface area contributed by atoms with Crippen molar-refractivity contribution in [1.82, 2.24) is 0 Å². The van der Waals surface area contributed by atoms with E-state index in [1.165, 1.54) is 5.56 Å². The van der Waals surface area contributed by atoms with Gasteiger partial charge in [-0.25, -0.2) is 0 Å². The molecule has 1 aromatic rings. The molecule has 0 radical (unpaired) electrons. The molecule has 1 rings (SSSR count). The number of hydrogen-bond acceptors (Lipinski definition) is 2. The van der Waals surface area contributed by atoms with Crippen LogP contribution in [0.4, 0.5) is 5.69 Å². The highest BCUT2D eigenvalue weighted by Crippen LogP contribution is 2.11. The Morgan fingerprint density at radius 3 is 3.00 bits per heavy atom. The van der Waals surface area contributed by atoms with Gasteiger partial charge in [-0.2, -0.15) is 0 Å². The lowest BCUT2D eigenvalue weighted by Gasteiger charge is -2.10. The van der Waals surface area contributed by atoms with E-state index in [-0.39, 0.29) is 12.3 Å². The van der Waals surface area contributed by atoms with Gasteiger partial charge in [0.25, 0.3) is 0 Å². The third-order valence-corrected chi connectivity index (χ3v) is 2.28. The fourth-order valence-corrected chi connectivity index (χ4v) is 1.32. The highest BCUT2D eigenvalue weighted by atomic mass is 16.2. The lowest BCUT2D eigenvalue weighted by Crippen LogP contribution is -2.35. The van der Waals surface area contributed by atoms with Crippen LogP contribution < -0.4 is 11.1 Å². The first-order chi connectivity index (χ1) is 7.67. The van der Waals surface area contributed by atoms with Crippen LogP contribution in [-0.4, -0.2) is 11.9 Å². The number of carbonyl (C=O) groups is 1. The molecule has 0 fully saturated rings. The molecule has 3 nitrogen and oxygen atoms in total. The van der Waals surface area contributed by atoms with Crippen LogP contribution in [0, 0.1) is 12.3 Å². The highest BCUT2D eigenvalue weighted by Gasteiger charge is 2.11. The van der Waals surface area contributed by atoms with Gasteiger partial charge in [0, 0.05) is 12.1 Å². The maximum atomic E-state index is 11.6. The number of amides is 1. The summed E-state index contributed by atoms with van der Waals surface area (Å²) in [6.45, 7) is 2.06. The summed E-state index contributed by atoms with van der Waals surface area (Å²) < 4.78 is 0. The minimum absolute atomic E-state index is 0.244. The molecular weight excluding hydrogens is 200 g/mol. The first kappa shape index (κ1) is 12.3. The highest BCUT2D eigenvalue weighted by molar-refractivity contribution is 5.94. The van der Waals surface area contributed by atoms with Gasteiger partial charge in [0.05, 0.1) is 6.04 Å². The fourth-order valence-electron chi connectivity index (χ4n) is 1.32. The number of carbonyl (C=O) groups excluding carboxylic acids is 1. The summed E-state index contributed by atoms with van der Waals surface area (Å²) in [6.07, 6.45) is 6.28. The second-order valence-electron chi connectivity index (χ2n) is 3.56. The predicted octanol–water partition coefficient (Wildman–Crippen LogP) is 1.54. The molecule has 1 amide bonds. The summed E-state index contributed by atoms with van der Waals surface area (Å²) >= 11 is 0. The summed E-state index contributed by atoms with van der Waals surface area (Å²) in [7, 11) is 0. The van der Waals surface area contributed by atoms with E-state index >= 15 is 0 Å². The molecule has 0 saturated carbocycles. The van der Waals surface area contributed by atoms with Gasteiger partial charge < -0.3 is 11.1 Å². The van der Waals surface area contributed by atoms with E-state index in [4.69, 9.17) is 12.2 Å². The summed E-state index contributed by atoms with van der Waals surface area (Å²) in [6, 6.07) is 7.04. The Morgan fingerprint density at radius 2 is 2.38 bits per heavy atom. The van der Waals surface area contributed by atoms with Crippen LogP contribution in [0.1, 0.15) is 18.9 Å². The molecule has 84 valence electrons. The van der Waals surface area contributed by atoms with Crippen molar-refractivity contribution < 1.29 is 4.79 Å². The number of nitrogens with one attached hydrogen (secondary N) is 1. The van der Waals surface area contributed by atoms with Crippen LogP contribution in [0.2, 0.25) is 0 Å².